The second kappa shape index (κ2) is 8.41. The highest BCUT2D eigenvalue weighted by molar-refractivity contribution is 6.00. The summed E-state index contributed by atoms with van der Waals surface area (Å²) in [4.78, 5) is 27.1. The maximum Gasteiger partial charge on any atom is 0.323 e. The Morgan fingerprint density at radius 3 is 2.23 bits per heavy atom. The van der Waals surface area contributed by atoms with Crippen LogP contribution in [0, 0.1) is 13.8 Å². The molecule has 5 heteroatoms. The van der Waals surface area contributed by atoms with Crippen LogP contribution in [0.2, 0.25) is 0 Å². The van der Waals surface area contributed by atoms with Crippen LogP contribution in [0.5, 0.6) is 0 Å². The Balaban J connectivity index is 1.45. The first-order valence-electron chi connectivity index (χ1n) is 10.1. The van der Waals surface area contributed by atoms with Crippen molar-refractivity contribution in [2.45, 2.75) is 26.8 Å². The summed E-state index contributed by atoms with van der Waals surface area (Å²) >= 11 is 0. The molecule has 0 unspecified atom stereocenters. The molecular formula is C25H25N3O2. The Bertz CT molecular complexity index is 1070. The molecule has 0 bridgehead atoms. The molecule has 1 aliphatic heterocycles. The SMILES string of the molecule is Cc1cc(C)cc(NC(=O)Nc2ccc3c(c2)CN(C(=O)c2ccccc2)CC3)c1. The molecule has 0 saturated carbocycles. The van der Waals surface area contributed by atoms with Crippen molar-refractivity contribution in [1.82, 2.24) is 4.90 Å². The fraction of sp³-hybridized carbons (Fsp3) is 0.200. The van der Waals surface area contributed by atoms with Gasteiger partial charge in [-0.25, -0.2) is 4.79 Å². The molecule has 3 aromatic carbocycles. The average Bonchev–Trinajstić information content (AvgIpc) is 2.72. The van der Waals surface area contributed by atoms with Crippen LogP contribution in [0.4, 0.5) is 16.2 Å². The maximum absolute atomic E-state index is 12.8. The zero-order chi connectivity index (χ0) is 21.1. The van der Waals surface area contributed by atoms with Crippen LogP contribution < -0.4 is 10.6 Å². The molecule has 0 radical (unpaired) electrons. The van der Waals surface area contributed by atoms with Crippen LogP contribution in [-0.4, -0.2) is 23.4 Å². The first-order chi connectivity index (χ1) is 14.5. The Hall–Kier alpha value is -3.60. The number of carbonyl (C=O) groups is 2. The van der Waals surface area contributed by atoms with E-state index in [1.807, 2.05) is 79.4 Å². The zero-order valence-electron chi connectivity index (χ0n) is 17.2. The molecule has 0 fully saturated rings. The lowest BCUT2D eigenvalue weighted by Crippen LogP contribution is -2.36. The molecule has 152 valence electrons. The lowest BCUT2D eigenvalue weighted by Gasteiger charge is -2.29. The predicted molar refractivity (Wildman–Crippen MR) is 120 cm³/mol. The number of hydrogen-bond donors (Lipinski definition) is 2. The number of nitrogens with one attached hydrogen (secondary N) is 2. The third-order valence-corrected chi connectivity index (χ3v) is 5.26. The van der Waals surface area contributed by atoms with Gasteiger partial charge in [-0.1, -0.05) is 30.3 Å². The highest BCUT2D eigenvalue weighted by atomic mass is 16.2. The van der Waals surface area contributed by atoms with Crippen molar-refractivity contribution in [3.05, 3.63) is 94.5 Å². The Morgan fingerprint density at radius 2 is 1.50 bits per heavy atom. The summed E-state index contributed by atoms with van der Waals surface area (Å²) < 4.78 is 0. The van der Waals surface area contributed by atoms with Gasteiger partial charge >= 0.3 is 6.03 Å². The number of urea groups is 1. The topological polar surface area (TPSA) is 61.4 Å². The predicted octanol–water partition coefficient (Wildman–Crippen LogP) is 5.15. The highest BCUT2D eigenvalue weighted by Gasteiger charge is 2.22. The summed E-state index contributed by atoms with van der Waals surface area (Å²) in [6, 6.07) is 20.9. The first kappa shape index (κ1) is 19.7. The van der Waals surface area contributed by atoms with E-state index >= 15 is 0 Å². The molecule has 1 aliphatic rings. The molecule has 0 saturated heterocycles. The number of rotatable bonds is 3. The van der Waals surface area contributed by atoms with Gasteiger partial charge in [0.05, 0.1) is 0 Å². The lowest BCUT2D eigenvalue weighted by molar-refractivity contribution is 0.0734. The third kappa shape index (κ3) is 4.51. The maximum atomic E-state index is 12.8. The van der Waals surface area contributed by atoms with E-state index in [1.165, 1.54) is 5.56 Å². The molecule has 0 aromatic heterocycles. The molecule has 0 aliphatic carbocycles. The molecule has 30 heavy (non-hydrogen) atoms. The van der Waals surface area contributed by atoms with Crippen molar-refractivity contribution in [1.29, 1.82) is 0 Å². The van der Waals surface area contributed by atoms with Gasteiger partial charge in [0.25, 0.3) is 5.91 Å². The van der Waals surface area contributed by atoms with Crippen molar-refractivity contribution in [3.8, 4) is 0 Å². The van der Waals surface area contributed by atoms with Gasteiger partial charge in [0, 0.05) is 30.0 Å². The Labute approximate surface area is 176 Å². The fourth-order valence-corrected chi connectivity index (χ4v) is 3.91. The molecule has 3 amide bonds. The van der Waals surface area contributed by atoms with Crippen molar-refractivity contribution in [3.63, 3.8) is 0 Å². The number of amides is 3. The van der Waals surface area contributed by atoms with Crippen molar-refractivity contribution in [2.24, 2.45) is 0 Å². The quantitative estimate of drug-likeness (QED) is 0.640. The van der Waals surface area contributed by atoms with Gasteiger partial charge in [-0.2, -0.15) is 0 Å². The van der Waals surface area contributed by atoms with E-state index in [-0.39, 0.29) is 11.9 Å². The molecule has 4 rings (SSSR count). The second-order valence-electron chi connectivity index (χ2n) is 7.78. The van der Waals surface area contributed by atoms with Gasteiger partial charge < -0.3 is 15.5 Å². The number of carbonyl (C=O) groups excluding carboxylic acids is 2. The van der Waals surface area contributed by atoms with Crippen LogP contribution >= 0.6 is 0 Å². The summed E-state index contributed by atoms with van der Waals surface area (Å²) in [6.07, 6.45) is 0.808. The van der Waals surface area contributed by atoms with E-state index in [1.54, 1.807) is 0 Å². The minimum Gasteiger partial charge on any atom is -0.334 e. The molecule has 0 spiro atoms. The molecule has 5 nitrogen and oxygen atoms in total. The van der Waals surface area contributed by atoms with E-state index in [2.05, 4.69) is 16.7 Å². The summed E-state index contributed by atoms with van der Waals surface area (Å²) in [7, 11) is 0. The lowest BCUT2D eigenvalue weighted by atomic mass is 9.98. The molecular weight excluding hydrogens is 374 g/mol. The van der Waals surface area contributed by atoms with Crippen molar-refractivity contribution >= 4 is 23.3 Å². The molecule has 0 atom stereocenters. The van der Waals surface area contributed by atoms with Crippen LogP contribution in [0.1, 0.15) is 32.6 Å². The van der Waals surface area contributed by atoms with E-state index in [0.29, 0.717) is 24.3 Å². The number of nitrogens with zero attached hydrogens (tertiary/aromatic N) is 1. The average molecular weight is 399 g/mol. The van der Waals surface area contributed by atoms with Crippen LogP contribution in [-0.2, 0) is 13.0 Å². The van der Waals surface area contributed by atoms with E-state index in [4.69, 9.17) is 0 Å². The summed E-state index contributed by atoms with van der Waals surface area (Å²) in [5.41, 5.74) is 6.65. The number of benzene rings is 3. The number of hydrogen-bond acceptors (Lipinski definition) is 2. The van der Waals surface area contributed by atoms with Gasteiger partial charge in [-0.3, -0.25) is 4.79 Å². The number of aryl methyl sites for hydroxylation is 2. The van der Waals surface area contributed by atoms with Gasteiger partial charge in [0.15, 0.2) is 0 Å². The zero-order valence-corrected chi connectivity index (χ0v) is 17.2. The standard InChI is InChI=1S/C25H25N3O2/c1-17-12-18(2)14-23(13-17)27-25(30)26-22-9-8-19-10-11-28(16-21(19)15-22)24(29)20-6-4-3-5-7-20/h3-9,12-15H,10-11,16H2,1-2H3,(H2,26,27,30). The van der Waals surface area contributed by atoms with E-state index < -0.39 is 0 Å². The van der Waals surface area contributed by atoms with Crippen LogP contribution in [0.3, 0.4) is 0 Å². The van der Waals surface area contributed by atoms with Gasteiger partial charge in [-0.15, -0.1) is 0 Å². The normalized spacial score (nSPS) is 12.8. The smallest absolute Gasteiger partial charge is 0.323 e. The van der Waals surface area contributed by atoms with Gasteiger partial charge in [0.2, 0.25) is 0 Å². The first-order valence-corrected chi connectivity index (χ1v) is 10.1. The minimum absolute atomic E-state index is 0.0344. The minimum atomic E-state index is -0.284. The van der Waals surface area contributed by atoms with Gasteiger partial charge in [-0.05, 0) is 78.9 Å². The van der Waals surface area contributed by atoms with Crippen LogP contribution in [0.25, 0.3) is 0 Å². The monoisotopic (exact) mass is 399 g/mol. The second-order valence-corrected chi connectivity index (χ2v) is 7.78. The Kier molecular flexibility index (Phi) is 5.53. The van der Waals surface area contributed by atoms with Crippen molar-refractivity contribution in [2.75, 3.05) is 17.2 Å². The molecule has 3 aromatic rings. The summed E-state index contributed by atoms with van der Waals surface area (Å²) in [6.45, 7) is 5.24. The van der Waals surface area contributed by atoms with Crippen LogP contribution in [0.15, 0.2) is 66.7 Å². The van der Waals surface area contributed by atoms with E-state index in [9.17, 15) is 9.59 Å². The largest absolute Gasteiger partial charge is 0.334 e. The fourth-order valence-electron chi connectivity index (χ4n) is 3.91. The van der Waals surface area contributed by atoms with Crippen molar-refractivity contribution < 1.29 is 9.59 Å². The number of fused-ring (bicyclic) bond motifs is 1. The third-order valence-electron chi connectivity index (χ3n) is 5.26. The molecule has 1 heterocycles. The van der Waals surface area contributed by atoms with E-state index in [0.717, 1.165) is 28.8 Å². The summed E-state index contributed by atoms with van der Waals surface area (Å²) in [5, 5.41) is 5.79. The van der Waals surface area contributed by atoms with Gasteiger partial charge in [0.1, 0.15) is 0 Å². The highest BCUT2D eigenvalue weighted by Crippen LogP contribution is 2.24. The number of anilines is 2. The Morgan fingerprint density at radius 1 is 0.800 bits per heavy atom. The molecule has 2 N–H and O–H groups in total. The summed E-state index contributed by atoms with van der Waals surface area (Å²) in [5.74, 6) is 0.0344.